The molecular formula is C14H20N2O2. The van der Waals surface area contributed by atoms with Crippen molar-refractivity contribution < 1.29 is 9.90 Å². The molecule has 2 rings (SSSR count). The lowest BCUT2D eigenvalue weighted by Gasteiger charge is -2.22. The summed E-state index contributed by atoms with van der Waals surface area (Å²) < 4.78 is 0. The van der Waals surface area contributed by atoms with Crippen LogP contribution in [0.5, 0.6) is 0 Å². The van der Waals surface area contributed by atoms with E-state index in [4.69, 9.17) is 5.11 Å². The third-order valence-electron chi connectivity index (χ3n) is 3.30. The number of piperidine rings is 1. The summed E-state index contributed by atoms with van der Waals surface area (Å²) >= 11 is 0. The summed E-state index contributed by atoms with van der Waals surface area (Å²) in [5.41, 5.74) is 1.94. The van der Waals surface area contributed by atoms with Crippen LogP contribution in [0.25, 0.3) is 0 Å². The van der Waals surface area contributed by atoms with E-state index < -0.39 is 0 Å². The van der Waals surface area contributed by atoms with Gasteiger partial charge in [-0.15, -0.1) is 0 Å². The van der Waals surface area contributed by atoms with Crippen LogP contribution >= 0.6 is 0 Å². The van der Waals surface area contributed by atoms with E-state index in [1.807, 2.05) is 24.3 Å². The molecule has 0 aromatic heterocycles. The van der Waals surface area contributed by atoms with Crippen molar-refractivity contribution in [3.05, 3.63) is 35.4 Å². The number of aliphatic hydroxyl groups is 1. The summed E-state index contributed by atoms with van der Waals surface area (Å²) in [5.74, 6) is 0.0842. The highest BCUT2D eigenvalue weighted by Crippen LogP contribution is 2.08. The molecule has 0 unspecified atom stereocenters. The number of amides is 1. The van der Waals surface area contributed by atoms with Crippen LogP contribution in [0, 0.1) is 0 Å². The second-order valence-electron chi connectivity index (χ2n) is 4.69. The van der Waals surface area contributed by atoms with Crippen LogP contribution in [0.1, 0.15) is 30.4 Å². The number of carbonyl (C=O) groups is 1. The van der Waals surface area contributed by atoms with Crippen molar-refractivity contribution in [3.8, 4) is 0 Å². The van der Waals surface area contributed by atoms with Gasteiger partial charge in [-0.3, -0.25) is 4.79 Å². The fourth-order valence-electron chi connectivity index (χ4n) is 2.15. The number of hydrogen-bond donors (Lipinski definition) is 3. The van der Waals surface area contributed by atoms with Crippen molar-refractivity contribution >= 4 is 5.91 Å². The molecule has 1 aromatic rings. The SMILES string of the molecule is O=C(NCc1ccc(CO)cc1)[C@H]1CCCCN1. The molecule has 18 heavy (non-hydrogen) atoms. The van der Waals surface area contributed by atoms with Crippen molar-refractivity contribution in [3.63, 3.8) is 0 Å². The third kappa shape index (κ3) is 3.55. The first-order valence-corrected chi connectivity index (χ1v) is 6.49. The molecule has 1 aliphatic heterocycles. The first kappa shape index (κ1) is 13.1. The molecule has 0 saturated carbocycles. The Morgan fingerprint density at radius 3 is 2.61 bits per heavy atom. The Morgan fingerprint density at radius 1 is 1.28 bits per heavy atom. The van der Waals surface area contributed by atoms with Crippen molar-refractivity contribution in [2.24, 2.45) is 0 Å². The second kappa shape index (κ2) is 6.52. The van der Waals surface area contributed by atoms with E-state index in [1.54, 1.807) is 0 Å². The number of aliphatic hydroxyl groups excluding tert-OH is 1. The van der Waals surface area contributed by atoms with Crippen LogP contribution < -0.4 is 10.6 Å². The van der Waals surface area contributed by atoms with Crippen molar-refractivity contribution in [1.29, 1.82) is 0 Å². The number of nitrogens with one attached hydrogen (secondary N) is 2. The molecule has 3 N–H and O–H groups in total. The van der Waals surface area contributed by atoms with Crippen LogP contribution in [0.15, 0.2) is 24.3 Å². The number of carbonyl (C=O) groups excluding carboxylic acids is 1. The van der Waals surface area contributed by atoms with Crippen molar-refractivity contribution in [2.45, 2.75) is 38.5 Å². The molecule has 1 aliphatic rings. The standard InChI is InChI=1S/C14H20N2O2/c17-10-12-6-4-11(5-7-12)9-16-14(18)13-3-1-2-8-15-13/h4-7,13,15,17H,1-3,8-10H2,(H,16,18)/t13-/m1/s1. The molecular weight excluding hydrogens is 228 g/mol. The van der Waals surface area contributed by atoms with E-state index in [0.717, 1.165) is 36.9 Å². The topological polar surface area (TPSA) is 61.4 Å². The molecule has 4 heteroatoms. The maximum absolute atomic E-state index is 11.9. The Balaban J connectivity index is 1.80. The van der Waals surface area contributed by atoms with Gasteiger partial charge < -0.3 is 15.7 Å². The second-order valence-corrected chi connectivity index (χ2v) is 4.69. The zero-order valence-corrected chi connectivity index (χ0v) is 10.5. The predicted molar refractivity (Wildman–Crippen MR) is 69.9 cm³/mol. The molecule has 1 saturated heterocycles. The monoisotopic (exact) mass is 248 g/mol. The number of hydrogen-bond acceptors (Lipinski definition) is 3. The molecule has 0 radical (unpaired) electrons. The Hall–Kier alpha value is -1.39. The maximum Gasteiger partial charge on any atom is 0.237 e. The maximum atomic E-state index is 11.9. The van der Waals surface area contributed by atoms with Gasteiger partial charge >= 0.3 is 0 Å². The van der Waals surface area contributed by atoms with Crippen molar-refractivity contribution in [2.75, 3.05) is 6.54 Å². The minimum absolute atomic E-state index is 0.0320. The summed E-state index contributed by atoms with van der Waals surface area (Å²) in [7, 11) is 0. The first-order valence-electron chi connectivity index (χ1n) is 6.49. The Morgan fingerprint density at radius 2 is 2.00 bits per heavy atom. The van der Waals surface area contributed by atoms with E-state index in [0.29, 0.717) is 6.54 Å². The molecule has 1 aromatic carbocycles. The van der Waals surface area contributed by atoms with Crippen LogP contribution in [0.4, 0.5) is 0 Å². The fourth-order valence-corrected chi connectivity index (χ4v) is 2.15. The van der Waals surface area contributed by atoms with Gasteiger partial charge in [0.05, 0.1) is 12.6 Å². The molecule has 0 aliphatic carbocycles. The van der Waals surface area contributed by atoms with Gasteiger partial charge in [0, 0.05) is 6.54 Å². The van der Waals surface area contributed by atoms with E-state index in [9.17, 15) is 4.79 Å². The number of rotatable bonds is 4. The minimum Gasteiger partial charge on any atom is -0.392 e. The van der Waals surface area contributed by atoms with E-state index >= 15 is 0 Å². The highest BCUT2D eigenvalue weighted by molar-refractivity contribution is 5.81. The molecule has 1 amide bonds. The summed E-state index contributed by atoms with van der Waals surface area (Å²) in [6, 6.07) is 7.58. The lowest BCUT2D eigenvalue weighted by molar-refractivity contribution is -0.123. The van der Waals surface area contributed by atoms with Gasteiger partial charge in [0.15, 0.2) is 0 Å². The molecule has 1 heterocycles. The van der Waals surface area contributed by atoms with Gasteiger partial charge in [-0.1, -0.05) is 30.7 Å². The first-order chi connectivity index (χ1) is 8.79. The largest absolute Gasteiger partial charge is 0.392 e. The highest BCUT2D eigenvalue weighted by atomic mass is 16.3. The predicted octanol–water partition coefficient (Wildman–Crippen LogP) is 0.937. The summed E-state index contributed by atoms with van der Waals surface area (Å²) in [6.45, 7) is 1.53. The van der Waals surface area contributed by atoms with E-state index in [2.05, 4.69) is 10.6 Å². The quantitative estimate of drug-likeness (QED) is 0.743. The molecule has 1 atom stereocenters. The zero-order valence-electron chi connectivity index (χ0n) is 10.5. The van der Waals surface area contributed by atoms with E-state index in [-0.39, 0.29) is 18.6 Å². The van der Waals surface area contributed by atoms with Gasteiger partial charge in [-0.25, -0.2) is 0 Å². The van der Waals surface area contributed by atoms with Crippen LogP contribution in [0.3, 0.4) is 0 Å². The van der Waals surface area contributed by atoms with Gasteiger partial charge in [0.2, 0.25) is 5.91 Å². The average Bonchev–Trinajstić information content (AvgIpc) is 2.46. The number of benzene rings is 1. The summed E-state index contributed by atoms with van der Waals surface area (Å²) in [5, 5.41) is 15.1. The van der Waals surface area contributed by atoms with Crippen LogP contribution in [0.2, 0.25) is 0 Å². The van der Waals surface area contributed by atoms with Crippen molar-refractivity contribution in [1.82, 2.24) is 10.6 Å². The Kier molecular flexibility index (Phi) is 4.73. The molecule has 0 spiro atoms. The minimum atomic E-state index is -0.0320. The Labute approximate surface area is 107 Å². The van der Waals surface area contributed by atoms with Gasteiger partial charge in [0.1, 0.15) is 0 Å². The molecule has 98 valence electrons. The van der Waals surface area contributed by atoms with E-state index in [1.165, 1.54) is 0 Å². The third-order valence-corrected chi connectivity index (χ3v) is 3.30. The summed E-state index contributed by atoms with van der Waals surface area (Å²) in [4.78, 5) is 11.9. The molecule has 0 bridgehead atoms. The van der Waals surface area contributed by atoms with Crippen LogP contribution in [-0.4, -0.2) is 23.6 Å². The highest BCUT2D eigenvalue weighted by Gasteiger charge is 2.19. The van der Waals surface area contributed by atoms with Gasteiger partial charge in [0.25, 0.3) is 0 Å². The van der Waals surface area contributed by atoms with Gasteiger partial charge in [-0.05, 0) is 30.5 Å². The smallest absolute Gasteiger partial charge is 0.237 e. The average molecular weight is 248 g/mol. The molecule has 1 fully saturated rings. The zero-order chi connectivity index (χ0) is 12.8. The Bertz CT molecular complexity index is 383. The molecule has 4 nitrogen and oxygen atoms in total. The lowest BCUT2D eigenvalue weighted by Crippen LogP contribution is -2.46. The normalized spacial score (nSPS) is 19.5. The fraction of sp³-hybridized carbons (Fsp3) is 0.500. The summed E-state index contributed by atoms with van der Waals surface area (Å²) in [6.07, 6.45) is 3.21. The van der Waals surface area contributed by atoms with Crippen LogP contribution in [-0.2, 0) is 17.9 Å². The lowest BCUT2D eigenvalue weighted by atomic mass is 10.0. The van der Waals surface area contributed by atoms with Gasteiger partial charge in [-0.2, -0.15) is 0 Å².